The van der Waals surface area contributed by atoms with Gasteiger partial charge in [-0.3, -0.25) is 9.69 Å². The molecule has 0 spiro atoms. The lowest BCUT2D eigenvalue weighted by Crippen LogP contribution is -2.49. The van der Waals surface area contributed by atoms with E-state index in [0.29, 0.717) is 0 Å². The largest absolute Gasteiger partial charge is 0.336 e. The Morgan fingerprint density at radius 3 is 2.32 bits per heavy atom. The molecule has 0 N–H and O–H groups in total. The molecule has 1 aromatic carbocycles. The van der Waals surface area contributed by atoms with Crippen LogP contribution in [0.25, 0.3) is 0 Å². The van der Waals surface area contributed by atoms with Crippen LogP contribution in [0.1, 0.15) is 24.2 Å². The molecule has 0 unspecified atom stereocenters. The number of rotatable bonds is 4. The lowest BCUT2D eigenvalue weighted by molar-refractivity contribution is 0.0648. The average molecular weight is 316 g/mol. The summed E-state index contributed by atoms with van der Waals surface area (Å²) in [6, 6.07) is 7.42. The zero-order valence-corrected chi connectivity index (χ0v) is 14.2. The molecule has 0 aromatic heterocycles. The predicted octanol–water partition coefficient (Wildman–Crippen LogP) is 3.26. The zero-order valence-electron chi connectivity index (χ0n) is 13.3. The van der Waals surface area contributed by atoms with Gasteiger partial charge in [-0.05, 0) is 43.7 Å². The van der Waals surface area contributed by atoms with Crippen LogP contribution in [0.15, 0.2) is 53.0 Å². The second-order valence-electron chi connectivity index (χ2n) is 5.48. The smallest absolute Gasteiger partial charge is 0.253 e. The molecule has 0 aliphatic carbocycles. The molecule has 1 saturated heterocycles. The molecule has 1 amide bonds. The van der Waals surface area contributed by atoms with Gasteiger partial charge in [0.1, 0.15) is 0 Å². The molecule has 0 saturated carbocycles. The Hall–Kier alpha value is -1.52. The number of carbonyl (C=O) groups is 1. The highest BCUT2D eigenvalue weighted by Gasteiger charge is 2.22. The van der Waals surface area contributed by atoms with Crippen molar-refractivity contribution in [3.05, 3.63) is 53.6 Å². The van der Waals surface area contributed by atoms with E-state index in [9.17, 15) is 4.79 Å². The maximum atomic E-state index is 12.5. The standard InChI is InChI=1S/C18H24N2OS/c1-3-5-15(4-2)14-19-10-12-20(13-11-19)18(21)16-6-8-17(22)9-7-16/h3-9,22H,10-14H2,1-2H3/b5-3-,15-4+. The molecular formula is C18H24N2OS. The minimum absolute atomic E-state index is 0.118. The number of benzene rings is 1. The van der Waals surface area contributed by atoms with E-state index in [4.69, 9.17) is 0 Å². The number of piperazine rings is 1. The fourth-order valence-corrected chi connectivity index (χ4v) is 2.76. The van der Waals surface area contributed by atoms with Crippen LogP contribution < -0.4 is 0 Å². The second-order valence-corrected chi connectivity index (χ2v) is 6.00. The van der Waals surface area contributed by atoms with E-state index in [1.165, 1.54) is 5.57 Å². The second kappa shape index (κ2) is 8.20. The van der Waals surface area contributed by atoms with Crippen LogP contribution in [-0.2, 0) is 0 Å². The van der Waals surface area contributed by atoms with Crippen molar-refractivity contribution in [1.82, 2.24) is 9.80 Å². The van der Waals surface area contributed by atoms with Crippen molar-refractivity contribution in [3.63, 3.8) is 0 Å². The van der Waals surface area contributed by atoms with E-state index in [2.05, 4.69) is 42.7 Å². The number of thiol groups is 1. The molecule has 0 radical (unpaired) electrons. The van der Waals surface area contributed by atoms with Gasteiger partial charge in [0.05, 0.1) is 0 Å². The minimum atomic E-state index is 0.118. The molecular weight excluding hydrogens is 292 g/mol. The van der Waals surface area contributed by atoms with Gasteiger partial charge in [0, 0.05) is 43.2 Å². The topological polar surface area (TPSA) is 23.6 Å². The maximum Gasteiger partial charge on any atom is 0.253 e. The van der Waals surface area contributed by atoms with Crippen LogP contribution >= 0.6 is 12.6 Å². The van der Waals surface area contributed by atoms with Gasteiger partial charge in [-0.15, -0.1) is 12.6 Å². The van der Waals surface area contributed by atoms with Gasteiger partial charge in [0.15, 0.2) is 0 Å². The molecule has 1 fully saturated rings. The summed E-state index contributed by atoms with van der Waals surface area (Å²) in [4.78, 5) is 17.7. The minimum Gasteiger partial charge on any atom is -0.336 e. The molecule has 2 rings (SSSR count). The summed E-state index contributed by atoms with van der Waals surface area (Å²) < 4.78 is 0. The number of carbonyl (C=O) groups excluding carboxylic acids is 1. The Morgan fingerprint density at radius 1 is 1.14 bits per heavy atom. The monoisotopic (exact) mass is 316 g/mol. The Kier molecular flexibility index (Phi) is 6.28. The van der Waals surface area contributed by atoms with Crippen molar-refractivity contribution < 1.29 is 4.79 Å². The first-order chi connectivity index (χ1) is 10.6. The first-order valence-electron chi connectivity index (χ1n) is 7.72. The molecule has 22 heavy (non-hydrogen) atoms. The molecule has 3 nitrogen and oxygen atoms in total. The van der Waals surface area contributed by atoms with Crippen molar-refractivity contribution in [2.24, 2.45) is 0 Å². The van der Waals surface area contributed by atoms with Gasteiger partial charge in [0.2, 0.25) is 0 Å². The van der Waals surface area contributed by atoms with Crippen LogP contribution in [0.2, 0.25) is 0 Å². The molecule has 1 aliphatic heterocycles. The lowest BCUT2D eigenvalue weighted by Gasteiger charge is -2.35. The number of hydrogen-bond acceptors (Lipinski definition) is 3. The molecule has 1 aliphatic rings. The highest BCUT2D eigenvalue weighted by molar-refractivity contribution is 7.80. The van der Waals surface area contributed by atoms with Gasteiger partial charge < -0.3 is 4.90 Å². The number of hydrogen-bond donors (Lipinski definition) is 1. The summed E-state index contributed by atoms with van der Waals surface area (Å²) in [6.45, 7) is 8.48. The number of allylic oxidation sites excluding steroid dienone is 2. The number of amides is 1. The zero-order chi connectivity index (χ0) is 15.9. The van der Waals surface area contributed by atoms with Crippen LogP contribution in [0.4, 0.5) is 0 Å². The normalized spacial score (nSPS) is 17.2. The van der Waals surface area contributed by atoms with Crippen LogP contribution in [0.5, 0.6) is 0 Å². The van der Waals surface area contributed by atoms with Crippen molar-refractivity contribution in [2.75, 3.05) is 32.7 Å². The van der Waals surface area contributed by atoms with E-state index in [1.807, 2.05) is 36.1 Å². The highest BCUT2D eigenvalue weighted by Crippen LogP contribution is 2.13. The van der Waals surface area contributed by atoms with Crippen molar-refractivity contribution in [3.8, 4) is 0 Å². The summed E-state index contributed by atoms with van der Waals surface area (Å²) >= 11 is 4.25. The molecule has 1 aromatic rings. The van der Waals surface area contributed by atoms with Gasteiger partial charge >= 0.3 is 0 Å². The van der Waals surface area contributed by atoms with Crippen molar-refractivity contribution >= 4 is 18.5 Å². The summed E-state index contributed by atoms with van der Waals surface area (Å²) in [6.07, 6.45) is 6.37. The lowest BCUT2D eigenvalue weighted by atomic mass is 10.1. The van der Waals surface area contributed by atoms with Gasteiger partial charge in [-0.2, -0.15) is 0 Å². The fourth-order valence-electron chi connectivity index (χ4n) is 2.61. The van der Waals surface area contributed by atoms with E-state index in [0.717, 1.165) is 43.2 Å². The van der Waals surface area contributed by atoms with E-state index in [1.54, 1.807) is 0 Å². The van der Waals surface area contributed by atoms with Crippen molar-refractivity contribution in [2.45, 2.75) is 18.7 Å². The molecule has 0 atom stereocenters. The van der Waals surface area contributed by atoms with Crippen LogP contribution in [-0.4, -0.2) is 48.4 Å². The Bertz CT molecular complexity index is 555. The Labute approximate surface area is 138 Å². The third kappa shape index (κ3) is 4.49. The van der Waals surface area contributed by atoms with Gasteiger partial charge in [-0.1, -0.05) is 18.2 Å². The average Bonchev–Trinajstić information content (AvgIpc) is 2.55. The van der Waals surface area contributed by atoms with E-state index < -0.39 is 0 Å². The van der Waals surface area contributed by atoms with Gasteiger partial charge in [0.25, 0.3) is 5.91 Å². The highest BCUT2D eigenvalue weighted by atomic mass is 32.1. The molecule has 4 heteroatoms. The van der Waals surface area contributed by atoms with E-state index >= 15 is 0 Å². The van der Waals surface area contributed by atoms with E-state index in [-0.39, 0.29) is 5.91 Å². The SMILES string of the molecule is C/C=C\C(=C/C)CN1CCN(C(=O)c2ccc(S)cc2)CC1. The first kappa shape index (κ1) is 16.8. The summed E-state index contributed by atoms with van der Waals surface area (Å²) in [5, 5.41) is 0. The summed E-state index contributed by atoms with van der Waals surface area (Å²) in [7, 11) is 0. The Morgan fingerprint density at radius 2 is 1.77 bits per heavy atom. The molecule has 1 heterocycles. The summed E-state index contributed by atoms with van der Waals surface area (Å²) in [5.41, 5.74) is 2.07. The third-order valence-corrected chi connectivity index (χ3v) is 4.23. The quantitative estimate of drug-likeness (QED) is 0.681. The first-order valence-corrected chi connectivity index (χ1v) is 8.17. The number of nitrogens with zero attached hydrogens (tertiary/aromatic N) is 2. The molecule has 118 valence electrons. The maximum absolute atomic E-state index is 12.5. The Balaban J connectivity index is 1.89. The predicted molar refractivity (Wildman–Crippen MR) is 94.6 cm³/mol. The summed E-state index contributed by atoms with van der Waals surface area (Å²) in [5.74, 6) is 0.118. The van der Waals surface area contributed by atoms with Crippen LogP contribution in [0.3, 0.4) is 0 Å². The molecule has 0 bridgehead atoms. The van der Waals surface area contributed by atoms with Crippen LogP contribution in [0, 0.1) is 0 Å². The van der Waals surface area contributed by atoms with Gasteiger partial charge in [-0.25, -0.2) is 0 Å². The van der Waals surface area contributed by atoms with Crippen molar-refractivity contribution in [1.29, 1.82) is 0 Å². The fraction of sp³-hybridized carbons (Fsp3) is 0.389. The third-order valence-electron chi connectivity index (χ3n) is 3.93.